The van der Waals surface area contributed by atoms with Gasteiger partial charge in [-0.15, -0.1) is 0 Å². The van der Waals surface area contributed by atoms with Crippen molar-refractivity contribution in [2.45, 2.75) is 6.92 Å². The van der Waals surface area contributed by atoms with Crippen LogP contribution in [0.2, 0.25) is 0 Å². The van der Waals surface area contributed by atoms with Gasteiger partial charge in [-0.1, -0.05) is 6.07 Å². The molecule has 0 saturated carbocycles. The second-order valence-electron chi connectivity index (χ2n) is 4.50. The summed E-state index contributed by atoms with van der Waals surface area (Å²) in [5.74, 6) is 1.01. The Bertz CT molecular complexity index is 671. The van der Waals surface area contributed by atoms with Gasteiger partial charge in [0, 0.05) is 4.47 Å². The van der Waals surface area contributed by atoms with E-state index in [1.54, 1.807) is 32.4 Å². The number of carbonyl (C=O) groups is 1. The molecule has 2 aromatic carbocycles. The molecule has 2 aromatic rings. The van der Waals surface area contributed by atoms with Crippen molar-refractivity contribution in [2.75, 3.05) is 19.5 Å². The number of rotatable bonds is 4. The van der Waals surface area contributed by atoms with E-state index in [0.29, 0.717) is 27.2 Å². The van der Waals surface area contributed by atoms with Crippen LogP contribution in [0.15, 0.2) is 40.9 Å². The number of ether oxygens (including phenoxy) is 2. The molecule has 0 aliphatic rings. The highest BCUT2D eigenvalue weighted by atomic mass is 79.9. The van der Waals surface area contributed by atoms with Crippen LogP contribution in [0.3, 0.4) is 0 Å². The molecule has 5 heteroatoms. The lowest BCUT2D eigenvalue weighted by molar-refractivity contribution is 0.102. The Kier molecular flexibility index (Phi) is 4.85. The largest absolute Gasteiger partial charge is 0.497 e. The van der Waals surface area contributed by atoms with Gasteiger partial charge in [-0.25, -0.2) is 0 Å². The van der Waals surface area contributed by atoms with E-state index in [2.05, 4.69) is 21.2 Å². The topological polar surface area (TPSA) is 47.6 Å². The third-order valence-electron chi connectivity index (χ3n) is 3.02. The van der Waals surface area contributed by atoms with E-state index in [1.807, 2.05) is 25.1 Å². The first-order valence-electron chi connectivity index (χ1n) is 6.34. The van der Waals surface area contributed by atoms with Crippen LogP contribution in [0, 0.1) is 6.92 Å². The molecule has 4 nitrogen and oxygen atoms in total. The van der Waals surface area contributed by atoms with Crippen LogP contribution >= 0.6 is 15.9 Å². The predicted molar refractivity (Wildman–Crippen MR) is 86.4 cm³/mol. The Hall–Kier alpha value is -2.01. The minimum Gasteiger partial charge on any atom is -0.497 e. The number of aryl methyl sites for hydroxylation is 1. The summed E-state index contributed by atoms with van der Waals surface area (Å²) < 4.78 is 11.1. The highest BCUT2D eigenvalue weighted by molar-refractivity contribution is 9.10. The third kappa shape index (κ3) is 3.55. The van der Waals surface area contributed by atoms with Crippen molar-refractivity contribution >= 4 is 27.5 Å². The van der Waals surface area contributed by atoms with Gasteiger partial charge < -0.3 is 14.8 Å². The minimum atomic E-state index is -0.232. The van der Waals surface area contributed by atoms with Gasteiger partial charge in [0.25, 0.3) is 5.91 Å². The second-order valence-corrected chi connectivity index (χ2v) is 5.36. The summed E-state index contributed by atoms with van der Waals surface area (Å²) in [7, 11) is 3.14. The molecular weight excluding hydrogens is 334 g/mol. The van der Waals surface area contributed by atoms with Crippen LogP contribution in [0.1, 0.15) is 15.9 Å². The molecule has 0 unspecified atom stereocenters. The van der Waals surface area contributed by atoms with Crippen LogP contribution in [-0.4, -0.2) is 20.1 Å². The summed E-state index contributed by atoms with van der Waals surface area (Å²) in [4.78, 5) is 12.4. The van der Waals surface area contributed by atoms with E-state index in [4.69, 9.17) is 9.47 Å². The fourth-order valence-electron chi connectivity index (χ4n) is 1.91. The molecule has 0 saturated heterocycles. The molecule has 0 aliphatic heterocycles. The smallest absolute Gasteiger partial charge is 0.257 e. The van der Waals surface area contributed by atoms with Gasteiger partial charge in [-0.2, -0.15) is 0 Å². The summed E-state index contributed by atoms with van der Waals surface area (Å²) in [6.07, 6.45) is 0. The average Bonchev–Trinajstić information content (AvgIpc) is 2.48. The molecule has 0 aromatic heterocycles. The number of nitrogens with one attached hydrogen (secondary N) is 1. The standard InChI is InChI=1S/C16H16BrNO3/c1-10-4-7-15(21-3)14(8-10)18-16(19)12-9-11(20-2)5-6-13(12)17/h4-9H,1-3H3,(H,18,19). The number of anilines is 1. The van der Waals surface area contributed by atoms with Crippen molar-refractivity contribution in [3.8, 4) is 11.5 Å². The molecule has 0 aliphatic carbocycles. The fraction of sp³-hybridized carbons (Fsp3) is 0.188. The van der Waals surface area contributed by atoms with Gasteiger partial charge in [0.2, 0.25) is 0 Å². The zero-order chi connectivity index (χ0) is 15.4. The maximum absolute atomic E-state index is 12.4. The van der Waals surface area contributed by atoms with Crippen molar-refractivity contribution in [2.24, 2.45) is 0 Å². The number of halogens is 1. The minimum absolute atomic E-state index is 0.232. The Balaban J connectivity index is 2.32. The SMILES string of the molecule is COc1ccc(Br)c(C(=O)Nc2cc(C)ccc2OC)c1. The van der Waals surface area contributed by atoms with E-state index in [9.17, 15) is 4.79 Å². The Morgan fingerprint density at radius 1 is 1.10 bits per heavy atom. The Labute approximate surface area is 132 Å². The molecule has 1 N–H and O–H groups in total. The second kappa shape index (κ2) is 6.63. The van der Waals surface area contributed by atoms with E-state index in [0.717, 1.165) is 5.56 Å². The van der Waals surface area contributed by atoms with Gasteiger partial charge in [0.15, 0.2) is 0 Å². The lowest BCUT2D eigenvalue weighted by Gasteiger charge is -2.12. The van der Waals surface area contributed by atoms with Gasteiger partial charge in [-0.05, 0) is 58.7 Å². The molecule has 0 spiro atoms. The van der Waals surface area contributed by atoms with Crippen LogP contribution in [0.25, 0.3) is 0 Å². The monoisotopic (exact) mass is 349 g/mol. The number of carbonyl (C=O) groups excluding carboxylic acids is 1. The van der Waals surface area contributed by atoms with E-state index in [1.165, 1.54) is 0 Å². The fourth-order valence-corrected chi connectivity index (χ4v) is 2.34. The van der Waals surface area contributed by atoms with Crippen LogP contribution < -0.4 is 14.8 Å². The highest BCUT2D eigenvalue weighted by Crippen LogP contribution is 2.28. The first-order chi connectivity index (χ1) is 10.0. The van der Waals surface area contributed by atoms with Crippen molar-refractivity contribution < 1.29 is 14.3 Å². The summed E-state index contributed by atoms with van der Waals surface area (Å²) in [5, 5.41) is 2.86. The summed E-state index contributed by atoms with van der Waals surface area (Å²) in [6, 6.07) is 10.9. The van der Waals surface area contributed by atoms with Gasteiger partial charge >= 0.3 is 0 Å². The average molecular weight is 350 g/mol. The Morgan fingerprint density at radius 2 is 1.86 bits per heavy atom. The van der Waals surface area contributed by atoms with Gasteiger partial charge in [0.1, 0.15) is 11.5 Å². The molecule has 21 heavy (non-hydrogen) atoms. The molecule has 0 radical (unpaired) electrons. The molecule has 110 valence electrons. The number of hydrogen-bond acceptors (Lipinski definition) is 3. The van der Waals surface area contributed by atoms with Crippen LogP contribution in [0.5, 0.6) is 11.5 Å². The quantitative estimate of drug-likeness (QED) is 0.906. The number of benzene rings is 2. The van der Waals surface area contributed by atoms with E-state index in [-0.39, 0.29) is 5.91 Å². The summed E-state index contributed by atoms with van der Waals surface area (Å²) in [5.41, 5.74) is 2.17. The molecule has 0 atom stereocenters. The Morgan fingerprint density at radius 3 is 2.52 bits per heavy atom. The number of methoxy groups -OCH3 is 2. The first kappa shape index (κ1) is 15.4. The number of amides is 1. The zero-order valence-corrected chi connectivity index (χ0v) is 13.7. The summed E-state index contributed by atoms with van der Waals surface area (Å²) in [6.45, 7) is 1.95. The highest BCUT2D eigenvalue weighted by Gasteiger charge is 2.14. The number of hydrogen-bond donors (Lipinski definition) is 1. The molecule has 0 fully saturated rings. The van der Waals surface area contributed by atoms with Crippen LogP contribution in [-0.2, 0) is 0 Å². The maximum atomic E-state index is 12.4. The van der Waals surface area contributed by atoms with Crippen molar-refractivity contribution in [1.82, 2.24) is 0 Å². The molecule has 1 amide bonds. The molecular formula is C16H16BrNO3. The van der Waals surface area contributed by atoms with Gasteiger partial charge in [0.05, 0.1) is 25.5 Å². The predicted octanol–water partition coefficient (Wildman–Crippen LogP) is 4.03. The lowest BCUT2D eigenvalue weighted by Crippen LogP contribution is -2.13. The van der Waals surface area contributed by atoms with Crippen molar-refractivity contribution in [1.29, 1.82) is 0 Å². The summed E-state index contributed by atoms with van der Waals surface area (Å²) >= 11 is 3.38. The van der Waals surface area contributed by atoms with Crippen molar-refractivity contribution in [3.63, 3.8) is 0 Å². The van der Waals surface area contributed by atoms with E-state index < -0.39 is 0 Å². The lowest BCUT2D eigenvalue weighted by atomic mass is 10.1. The zero-order valence-electron chi connectivity index (χ0n) is 12.1. The molecule has 0 heterocycles. The normalized spacial score (nSPS) is 10.1. The molecule has 0 bridgehead atoms. The van der Waals surface area contributed by atoms with Crippen LogP contribution in [0.4, 0.5) is 5.69 Å². The molecule has 2 rings (SSSR count). The first-order valence-corrected chi connectivity index (χ1v) is 7.14. The van der Waals surface area contributed by atoms with Crippen molar-refractivity contribution in [3.05, 3.63) is 52.0 Å². The van der Waals surface area contributed by atoms with Gasteiger partial charge in [-0.3, -0.25) is 4.79 Å². The maximum Gasteiger partial charge on any atom is 0.257 e. The van der Waals surface area contributed by atoms with E-state index >= 15 is 0 Å². The third-order valence-corrected chi connectivity index (χ3v) is 3.71.